The summed E-state index contributed by atoms with van der Waals surface area (Å²) in [7, 11) is 0. The molecule has 0 aliphatic carbocycles. The van der Waals surface area contributed by atoms with Crippen molar-refractivity contribution in [3.63, 3.8) is 0 Å². The van der Waals surface area contributed by atoms with Crippen LogP contribution in [0.4, 0.5) is 0 Å². The number of carbonyl (C=O) groups is 11. The number of rotatable bonds is 40. The number of esters is 11. The van der Waals surface area contributed by atoms with E-state index in [1.807, 2.05) is 0 Å². The molecule has 26 heteroatoms. The lowest BCUT2D eigenvalue weighted by Gasteiger charge is -2.25. The molecular weight excluding hydrogens is 1160 g/mol. The van der Waals surface area contributed by atoms with Crippen LogP contribution in [-0.2, 0) is 105 Å². The van der Waals surface area contributed by atoms with Crippen molar-refractivity contribution >= 4 is 65.7 Å². The molecule has 88 heavy (non-hydrogen) atoms. The number of hydrogen-bond donors (Lipinski definition) is 4. The smallest absolute Gasteiger partial charge is 0.333 e. The highest BCUT2D eigenvalue weighted by Crippen LogP contribution is 2.28. The van der Waals surface area contributed by atoms with Gasteiger partial charge in [-0.1, -0.05) is 52.3 Å². The molecule has 1 rings (SSSR count). The van der Waals surface area contributed by atoms with E-state index in [1.165, 1.54) is 55.4 Å². The van der Waals surface area contributed by atoms with Crippen molar-refractivity contribution in [2.45, 2.75) is 170 Å². The maximum absolute atomic E-state index is 13.0. The molecule has 0 aromatic rings. The first-order valence-corrected chi connectivity index (χ1v) is 28.6. The molecule has 0 bridgehead atoms. The molecule has 1 saturated heterocycles. The van der Waals surface area contributed by atoms with E-state index < -0.39 is 135 Å². The molecule has 0 saturated carbocycles. The molecule has 26 nitrogen and oxygen atoms in total. The third-order valence-corrected chi connectivity index (χ3v) is 11.6. The Morgan fingerprint density at radius 2 is 0.750 bits per heavy atom. The Morgan fingerprint density at radius 3 is 1.10 bits per heavy atom. The van der Waals surface area contributed by atoms with Crippen molar-refractivity contribution in [3.05, 3.63) is 72.9 Å². The van der Waals surface area contributed by atoms with E-state index >= 15 is 0 Å². The molecule has 4 atom stereocenters. The summed E-state index contributed by atoms with van der Waals surface area (Å²) in [6, 6.07) is 0. The number of aliphatic hydroxyl groups is 4. The Hall–Kier alpha value is -7.55. The number of cyclic esters (lactones) is 1. The van der Waals surface area contributed by atoms with Gasteiger partial charge in [0.15, 0.2) is 12.2 Å². The van der Waals surface area contributed by atoms with Crippen molar-refractivity contribution in [2.24, 2.45) is 10.8 Å². The van der Waals surface area contributed by atoms with Crippen LogP contribution in [-0.4, -0.2) is 183 Å². The minimum absolute atomic E-state index is 0.000605. The molecule has 498 valence electrons. The van der Waals surface area contributed by atoms with Crippen molar-refractivity contribution in [1.82, 2.24) is 0 Å². The fourth-order valence-electron chi connectivity index (χ4n) is 6.55. The summed E-state index contributed by atoms with van der Waals surface area (Å²) in [5.74, 6) is -7.27. The minimum Gasteiger partial charge on any atom is -0.466 e. The van der Waals surface area contributed by atoms with Crippen LogP contribution in [0.25, 0.3) is 0 Å². The number of aliphatic hydroxyl groups excluding tert-OH is 4. The predicted molar refractivity (Wildman–Crippen MR) is 314 cm³/mol. The van der Waals surface area contributed by atoms with Crippen LogP contribution in [0.3, 0.4) is 0 Å². The lowest BCUT2D eigenvalue weighted by molar-refractivity contribution is -0.169. The van der Waals surface area contributed by atoms with Crippen LogP contribution in [0, 0.1) is 10.8 Å². The largest absolute Gasteiger partial charge is 0.466 e. The van der Waals surface area contributed by atoms with Crippen molar-refractivity contribution in [1.29, 1.82) is 0 Å². The van der Waals surface area contributed by atoms with E-state index in [-0.39, 0.29) is 91.5 Å². The van der Waals surface area contributed by atoms with Crippen LogP contribution < -0.4 is 0 Å². The van der Waals surface area contributed by atoms with Crippen LogP contribution in [0.2, 0.25) is 0 Å². The summed E-state index contributed by atoms with van der Waals surface area (Å²) in [5, 5.41) is 37.2. The molecule has 0 aromatic carbocycles. The van der Waals surface area contributed by atoms with Gasteiger partial charge in [0, 0.05) is 65.9 Å². The van der Waals surface area contributed by atoms with Gasteiger partial charge in [0.2, 0.25) is 0 Å². The molecule has 1 fully saturated rings. The Labute approximate surface area is 515 Å². The zero-order valence-corrected chi connectivity index (χ0v) is 52.5. The minimum atomic E-state index is -1.30. The van der Waals surface area contributed by atoms with Crippen LogP contribution >= 0.6 is 0 Å². The Balaban J connectivity index is 0. The number of unbranched alkanes of at least 4 members (excludes halogenated alkanes) is 4. The molecule has 1 heterocycles. The molecule has 0 aromatic heterocycles. The van der Waals surface area contributed by atoms with E-state index in [4.69, 9.17) is 62.3 Å². The summed E-state index contributed by atoms with van der Waals surface area (Å²) in [6.07, 6.45) is 2.10. The number of hydrogen-bond acceptors (Lipinski definition) is 26. The van der Waals surface area contributed by atoms with Crippen LogP contribution in [0.15, 0.2) is 72.9 Å². The normalized spacial score (nSPS) is 13.2. The van der Waals surface area contributed by atoms with Crippen molar-refractivity contribution in [2.75, 3.05) is 72.7 Å². The lowest BCUT2D eigenvalue weighted by atomic mass is 9.86. The highest BCUT2D eigenvalue weighted by atomic mass is 16.6. The van der Waals surface area contributed by atoms with Gasteiger partial charge in [0.05, 0.1) is 17.4 Å². The summed E-state index contributed by atoms with van der Waals surface area (Å²) in [4.78, 5) is 131. The topological polar surface area (TPSA) is 370 Å². The first-order valence-electron chi connectivity index (χ1n) is 28.6. The monoisotopic (exact) mass is 1250 g/mol. The number of carbonyl (C=O) groups excluding carboxylic acids is 11. The summed E-state index contributed by atoms with van der Waals surface area (Å²) >= 11 is 0. The fourth-order valence-corrected chi connectivity index (χ4v) is 6.55. The van der Waals surface area contributed by atoms with E-state index in [0.29, 0.717) is 51.6 Å². The van der Waals surface area contributed by atoms with Gasteiger partial charge in [-0.3, -0.25) is 24.0 Å². The maximum atomic E-state index is 13.0. The Kier molecular flexibility index (Phi) is 42.8. The van der Waals surface area contributed by atoms with E-state index in [1.54, 1.807) is 0 Å². The molecular formula is C62H94O26. The van der Waals surface area contributed by atoms with Gasteiger partial charge in [-0.25, -0.2) is 28.8 Å². The molecule has 1 aliphatic heterocycles. The van der Waals surface area contributed by atoms with Crippen molar-refractivity contribution in [3.8, 4) is 0 Å². The fraction of sp³-hybridized carbons (Fsp3) is 0.629. The third-order valence-electron chi connectivity index (χ3n) is 11.6. The first kappa shape index (κ1) is 82.5. The first-order chi connectivity index (χ1) is 41.1. The van der Waals surface area contributed by atoms with Crippen LogP contribution in [0.1, 0.15) is 145 Å². The number of ether oxygens (including phenoxy) is 11. The second kappa shape index (κ2) is 45.7. The van der Waals surface area contributed by atoms with Crippen molar-refractivity contribution < 1.29 is 125 Å². The molecule has 4 N–H and O–H groups in total. The quantitative estimate of drug-likeness (QED) is 0.0261. The van der Waals surface area contributed by atoms with E-state index in [0.717, 1.165) is 19.3 Å². The van der Waals surface area contributed by atoms with E-state index in [2.05, 4.69) is 39.5 Å². The Morgan fingerprint density at radius 1 is 0.443 bits per heavy atom. The van der Waals surface area contributed by atoms with Gasteiger partial charge in [0.25, 0.3) is 0 Å². The second-order valence-electron chi connectivity index (χ2n) is 21.9. The SMILES string of the molecule is C=C(C)C(=O)OCC(COC(=O)C(=C)CC(C)(C)C(=O)OCC(COC(=O)C(=C)C)OC(=O)CCCCCO)OC(=O)CCCCCO.C=C(C)C(=O)OCC(O)COC(=O)C(=C)CC(C)(C)C(=O)OCC(O)COC(=O)C(=C)C.O=C1CCCCCO1. The zero-order valence-electron chi connectivity index (χ0n) is 52.5. The molecule has 4 unspecified atom stereocenters. The molecule has 0 radical (unpaired) electrons. The second-order valence-corrected chi connectivity index (χ2v) is 21.9. The highest BCUT2D eigenvalue weighted by Gasteiger charge is 2.35. The Bertz CT molecular complexity index is 2370. The summed E-state index contributed by atoms with van der Waals surface area (Å²) in [6.45, 7) is 30.2. The van der Waals surface area contributed by atoms with Gasteiger partial charge in [-0.05, 0) is 113 Å². The predicted octanol–water partition coefficient (Wildman–Crippen LogP) is 5.32. The third kappa shape index (κ3) is 40.8. The van der Waals surface area contributed by atoms with E-state index in [9.17, 15) is 63.0 Å². The molecule has 0 amide bonds. The molecule has 1 aliphatic rings. The van der Waals surface area contributed by atoms with Gasteiger partial charge < -0.3 is 72.5 Å². The van der Waals surface area contributed by atoms with Gasteiger partial charge in [-0.15, -0.1) is 0 Å². The lowest BCUT2D eigenvalue weighted by Crippen LogP contribution is -2.35. The highest BCUT2D eigenvalue weighted by molar-refractivity contribution is 5.91. The van der Waals surface area contributed by atoms with Gasteiger partial charge in [0.1, 0.15) is 65.1 Å². The molecule has 0 spiro atoms. The zero-order chi connectivity index (χ0) is 67.6. The summed E-state index contributed by atoms with van der Waals surface area (Å²) < 4.78 is 55.6. The maximum Gasteiger partial charge on any atom is 0.333 e. The van der Waals surface area contributed by atoms with Gasteiger partial charge >= 0.3 is 65.7 Å². The average Bonchev–Trinajstić information content (AvgIpc) is 3.89. The van der Waals surface area contributed by atoms with Crippen LogP contribution in [0.5, 0.6) is 0 Å². The standard InChI is InChI=1S/C34H52O14.C22H32O10.C6H10O2/c1-23(2)30(39)43-19-26(47-28(37)14-10-8-12-16-35)21-45-32(41)25(5)18-34(6,7)33(42)46-22-27(20-44-31(40)24(3)4)48-29(38)15-11-9-13-17-36;1-13(2)18(25)29-9-16(23)11-31-20(27)15(5)8-22(6,7)21(28)32-12-17(24)10-30-19(26)14(3)4;7-6-4-2-1-3-5-8-6/h26-27,35-36H,1,3,5,8-22H2,2,4,6-7H3;16-17,23-24H,1,3,5,8-12H2,2,4,6-7H3;1-5H2. The van der Waals surface area contributed by atoms with Gasteiger partial charge in [-0.2, -0.15) is 0 Å². The average molecular weight is 1260 g/mol. The summed E-state index contributed by atoms with van der Waals surface area (Å²) in [5.41, 5.74) is -2.06.